The molecule has 1 fully saturated rings. The van der Waals surface area contributed by atoms with E-state index in [-0.39, 0.29) is 46.1 Å². The SMILES string of the molecule is N#CC1=C(c2ccccc2)C(=Cc2ccc(-c3cccc([N+](=O)[O-])c3)o2)C(=O)N(C2CCS(=O)(=O)C2)C1=O. The molecule has 3 heterocycles. The molecule has 2 aromatic carbocycles. The second-order valence-electron chi connectivity index (χ2n) is 8.83. The van der Waals surface area contributed by atoms with E-state index in [1.165, 1.54) is 24.3 Å². The van der Waals surface area contributed by atoms with Crippen molar-refractivity contribution in [2.75, 3.05) is 11.5 Å². The van der Waals surface area contributed by atoms with E-state index < -0.39 is 32.6 Å². The fourth-order valence-electron chi connectivity index (χ4n) is 4.64. The van der Waals surface area contributed by atoms with Gasteiger partial charge in [0.05, 0.1) is 28.0 Å². The molecule has 0 radical (unpaired) electrons. The first kappa shape index (κ1) is 24.9. The molecule has 0 saturated carbocycles. The maximum absolute atomic E-state index is 13.8. The van der Waals surface area contributed by atoms with E-state index in [0.29, 0.717) is 16.9 Å². The Morgan fingerprint density at radius 1 is 1.03 bits per heavy atom. The van der Waals surface area contributed by atoms with Crippen LogP contribution in [0.5, 0.6) is 0 Å². The Morgan fingerprint density at radius 2 is 1.76 bits per heavy atom. The number of non-ortho nitro benzene ring substituents is 1. The van der Waals surface area contributed by atoms with Gasteiger partial charge in [-0.2, -0.15) is 5.26 Å². The zero-order valence-corrected chi connectivity index (χ0v) is 20.6. The van der Waals surface area contributed by atoms with Gasteiger partial charge in [0.2, 0.25) is 0 Å². The minimum Gasteiger partial charge on any atom is -0.457 e. The zero-order chi connectivity index (χ0) is 27.0. The van der Waals surface area contributed by atoms with Gasteiger partial charge in [0.25, 0.3) is 17.5 Å². The van der Waals surface area contributed by atoms with Crippen molar-refractivity contribution in [3.05, 3.63) is 99.3 Å². The lowest BCUT2D eigenvalue weighted by atomic mass is 9.87. The van der Waals surface area contributed by atoms with Gasteiger partial charge in [0, 0.05) is 23.3 Å². The van der Waals surface area contributed by atoms with Gasteiger partial charge in [0.15, 0.2) is 9.84 Å². The van der Waals surface area contributed by atoms with Gasteiger partial charge >= 0.3 is 0 Å². The fraction of sp³-hybridized carbons (Fsp3) is 0.148. The molecule has 2 amide bonds. The molecule has 1 atom stereocenters. The van der Waals surface area contributed by atoms with E-state index in [4.69, 9.17) is 4.42 Å². The lowest BCUT2D eigenvalue weighted by Crippen LogP contribution is -2.49. The molecule has 190 valence electrons. The molecular weight excluding hydrogens is 510 g/mol. The molecule has 38 heavy (non-hydrogen) atoms. The van der Waals surface area contributed by atoms with Gasteiger partial charge in [-0.15, -0.1) is 0 Å². The number of furan rings is 1. The molecule has 2 aliphatic rings. The number of imide groups is 1. The first-order valence-electron chi connectivity index (χ1n) is 11.5. The van der Waals surface area contributed by atoms with Crippen molar-refractivity contribution in [3.63, 3.8) is 0 Å². The van der Waals surface area contributed by atoms with Crippen molar-refractivity contribution < 1.29 is 27.3 Å². The number of hydrogen-bond donors (Lipinski definition) is 0. The van der Waals surface area contributed by atoms with Crippen molar-refractivity contribution in [2.24, 2.45) is 0 Å². The number of rotatable bonds is 5. The van der Waals surface area contributed by atoms with Gasteiger partial charge in [-0.1, -0.05) is 42.5 Å². The quantitative estimate of drug-likeness (QED) is 0.210. The smallest absolute Gasteiger partial charge is 0.272 e. The summed E-state index contributed by atoms with van der Waals surface area (Å²) in [6.45, 7) is 0. The maximum Gasteiger partial charge on any atom is 0.272 e. The number of amides is 2. The van der Waals surface area contributed by atoms with Crippen molar-refractivity contribution >= 4 is 39.0 Å². The number of nitrogens with zero attached hydrogens (tertiary/aromatic N) is 3. The highest BCUT2D eigenvalue weighted by Crippen LogP contribution is 2.37. The topological polar surface area (TPSA) is 152 Å². The number of nitriles is 1. The molecular formula is C27H19N3O7S. The first-order valence-corrected chi connectivity index (χ1v) is 13.4. The zero-order valence-electron chi connectivity index (χ0n) is 19.7. The van der Waals surface area contributed by atoms with Crippen LogP contribution in [0.3, 0.4) is 0 Å². The molecule has 0 aliphatic carbocycles. The Labute approximate surface area is 217 Å². The molecule has 3 aromatic rings. The molecule has 1 unspecified atom stereocenters. The fourth-order valence-corrected chi connectivity index (χ4v) is 6.34. The van der Waals surface area contributed by atoms with Crippen LogP contribution in [0.15, 0.2) is 82.3 Å². The van der Waals surface area contributed by atoms with E-state index in [1.54, 1.807) is 48.5 Å². The number of carbonyl (C=O) groups excluding carboxylic acids is 2. The second-order valence-corrected chi connectivity index (χ2v) is 11.1. The highest BCUT2D eigenvalue weighted by molar-refractivity contribution is 7.91. The normalized spacial score (nSPS) is 20.1. The van der Waals surface area contributed by atoms with E-state index in [0.717, 1.165) is 4.90 Å². The summed E-state index contributed by atoms with van der Waals surface area (Å²) in [5.74, 6) is -1.58. The predicted molar refractivity (Wildman–Crippen MR) is 137 cm³/mol. The van der Waals surface area contributed by atoms with E-state index in [9.17, 15) is 33.4 Å². The third-order valence-corrected chi connectivity index (χ3v) is 8.15. The molecule has 1 aromatic heterocycles. The van der Waals surface area contributed by atoms with Gasteiger partial charge in [-0.05, 0) is 30.2 Å². The second kappa shape index (κ2) is 9.57. The molecule has 11 heteroatoms. The Bertz CT molecular complexity index is 1700. The molecule has 5 rings (SSSR count). The number of nitro groups is 1. The Kier molecular flexibility index (Phi) is 6.26. The van der Waals surface area contributed by atoms with Crippen LogP contribution < -0.4 is 0 Å². The van der Waals surface area contributed by atoms with Gasteiger partial charge in [-0.3, -0.25) is 24.6 Å². The molecule has 0 bridgehead atoms. The first-order chi connectivity index (χ1) is 18.2. The summed E-state index contributed by atoms with van der Waals surface area (Å²) >= 11 is 0. The van der Waals surface area contributed by atoms with Crippen molar-refractivity contribution in [2.45, 2.75) is 12.5 Å². The van der Waals surface area contributed by atoms with Crippen molar-refractivity contribution in [1.82, 2.24) is 4.90 Å². The Morgan fingerprint density at radius 3 is 2.42 bits per heavy atom. The summed E-state index contributed by atoms with van der Waals surface area (Å²) in [6, 6.07) is 18.5. The summed E-state index contributed by atoms with van der Waals surface area (Å²) in [7, 11) is -3.43. The maximum atomic E-state index is 13.8. The Balaban J connectivity index is 1.64. The van der Waals surface area contributed by atoms with Crippen LogP contribution in [-0.2, 0) is 19.4 Å². The third-order valence-electron chi connectivity index (χ3n) is 6.40. The number of nitro benzene ring substituents is 1. The molecule has 10 nitrogen and oxygen atoms in total. The van der Waals surface area contributed by atoms with Crippen molar-refractivity contribution in [3.8, 4) is 17.4 Å². The van der Waals surface area contributed by atoms with Crippen molar-refractivity contribution in [1.29, 1.82) is 5.26 Å². The molecule has 0 spiro atoms. The minimum absolute atomic E-state index is 0.00316. The molecule has 1 saturated heterocycles. The van der Waals surface area contributed by atoms with E-state index in [1.807, 2.05) is 6.07 Å². The summed E-state index contributed by atoms with van der Waals surface area (Å²) in [6.07, 6.45) is 1.48. The van der Waals surface area contributed by atoms with Crippen LogP contribution >= 0.6 is 0 Å². The van der Waals surface area contributed by atoms with Gasteiger partial charge in [0.1, 0.15) is 23.2 Å². The van der Waals surface area contributed by atoms with Crippen LogP contribution in [0.25, 0.3) is 23.0 Å². The highest BCUT2D eigenvalue weighted by atomic mass is 32.2. The predicted octanol–water partition coefficient (Wildman–Crippen LogP) is 3.77. The largest absolute Gasteiger partial charge is 0.457 e. The number of hydrogen-bond acceptors (Lipinski definition) is 8. The highest BCUT2D eigenvalue weighted by Gasteiger charge is 2.45. The van der Waals surface area contributed by atoms with Crippen LogP contribution in [0, 0.1) is 21.4 Å². The summed E-state index contributed by atoms with van der Waals surface area (Å²) in [5.41, 5.74) is 0.626. The standard InChI is InChI=1S/C27H19N3O7S/c28-15-23-25(17-5-2-1-3-6-17)22(26(31)29(27(23)32)20-11-12-38(35,36)16-20)14-21-9-10-24(37-21)18-7-4-8-19(13-18)30(33)34/h1-10,13-14,20H,11-12,16H2. The lowest BCUT2D eigenvalue weighted by molar-refractivity contribution is -0.384. The summed E-state index contributed by atoms with van der Waals surface area (Å²) < 4.78 is 30.1. The van der Waals surface area contributed by atoms with Gasteiger partial charge in [-0.25, -0.2) is 8.42 Å². The van der Waals surface area contributed by atoms with Crippen LogP contribution in [0.2, 0.25) is 0 Å². The lowest BCUT2D eigenvalue weighted by Gasteiger charge is -2.32. The van der Waals surface area contributed by atoms with Crippen LogP contribution in [0.1, 0.15) is 17.7 Å². The number of benzene rings is 2. The molecule has 0 N–H and O–H groups in total. The average Bonchev–Trinajstić information content (AvgIpc) is 3.52. The average molecular weight is 530 g/mol. The summed E-state index contributed by atoms with van der Waals surface area (Å²) in [5, 5.41) is 21.1. The third kappa shape index (κ3) is 4.53. The number of carbonyl (C=O) groups is 2. The van der Waals surface area contributed by atoms with Crippen LogP contribution in [-0.4, -0.2) is 47.6 Å². The van der Waals surface area contributed by atoms with E-state index >= 15 is 0 Å². The minimum atomic E-state index is -3.43. The van der Waals surface area contributed by atoms with Crippen LogP contribution in [0.4, 0.5) is 5.69 Å². The Hall–Kier alpha value is -4.82. The monoisotopic (exact) mass is 529 g/mol. The summed E-state index contributed by atoms with van der Waals surface area (Å²) in [4.78, 5) is 38.6. The van der Waals surface area contributed by atoms with Gasteiger partial charge < -0.3 is 4.42 Å². The molecule has 2 aliphatic heterocycles. The van der Waals surface area contributed by atoms with E-state index in [2.05, 4.69) is 0 Å². The number of sulfone groups is 1.